The van der Waals surface area contributed by atoms with Crippen LogP contribution in [0, 0.1) is 0 Å². The molecular weight excluding hydrogens is 168 g/mol. The molecule has 2 saturated heterocycles. The van der Waals surface area contributed by atoms with E-state index in [1.165, 1.54) is 0 Å². The molecular formula is C9H18N2O2. The molecule has 0 amide bonds. The van der Waals surface area contributed by atoms with Crippen LogP contribution < -0.4 is 5.43 Å². The monoisotopic (exact) mass is 186 g/mol. The molecule has 76 valence electrons. The Hall–Kier alpha value is -0.160. The first-order valence-electron chi connectivity index (χ1n) is 5.01. The van der Waals surface area contributed by atoms with Gasteiger partial charge in [-0.2, -0.15) is 0 Å². The maximum absolute atomic E-state index is 5.33. The SMILES string of the molecule is CN(NC1CCOC1)C1CCOC1. The van der Waals surface area contributed by atoms with Gasteiger partial charge in [0.2, 0.25) is 0 Å². The summed E-state index contributed by atoms with van der Waals surface area (Å²) >= 11 is 0. The maximum atomic E-state index is 5.33. The summed E-state index contributed by atoms with van der Waals surface area (Å²) in [6.45, 7) is 3.50. The average Bonchev–Trinajstić information content (AvgIpc) is 2.74. The van der Waals surface area contributed by atoms with Gasteiger partial charge in [0.1, 0.15) is 0 Å². The van der Waals surface area contributed by atoms with Gasteiger partial charge in [0.25, 0.3) is 0 Å². The van der Waals surface area contributed by atoms with Crippen molar-refractivity contribution in [1.29, 1.82) is 0 Å². The Bertz CT molecular complexity index is 154. The molecule has 13 heavy (non-hydrogen) atoms. The summed E-state index contributed by atoms with van der Waals surface area (Å²) in [5.41, 5.74) is 3.45. The first-order valence-corrected chi connectivity index (χ1v) is 5.01. The third-order valence-electron chi connectivity index (χ3n) is 2.77. The quantitative estimate of drug-likeness (QED) is 0.629. The first-order chi connectivity index (χ1) is 6.36. The summed E-state index contributed by atoms with van der Waals surface area (Å²) in [5.74, 6) is 0. The molecule has 4 heteroatoms. The van der Waals surface area contributed by atoms with Crippen LogP contribution in [0.4, 0.5) is 0 Å². The Labute approximate surface area is 79.2 Å². The van der Waals surface area contributed by atoms with E-state index in [1.807, 2.05) is 0 Å². The second-order valence-corrected chi connectivity index (χ2v) is 3.82. The summed E-state index contributed by atoms with van der Waals surface area (Å²) in [7, 11) is 2.09. The second-order valence-electron chi connectivity index (χ2n) is 3.82. The number of nitrogens with zero attached hydrogens (tertiary/aromatic N) is 1. The summed E-state index contributed by atoms with van der Waals surface area (Å²) in [6.07, 6.45) is 2.26. The van der Waals surface area contributed by atoms with Gasteiger partial charge >= 0.3 is 0 Å². The first kappa shape index (κ1) is 9.40. The van der Waals surface area contributed by atoms with Gasteiger partial charge in [0, 0.05) is 32.3 Å². The summed E-state index contributed by atoms with van der Waals surface area (Å²) in [6, 6.07) is 1.05. The van der Waals surface area contributed by atoms with Gasteiger partial charge in [0.15, 0.2) is 0 Å². The zero-order chi connectivity index (χ0) is 9.10. The van der Waals surface area contributed by atoms with Crippen molar-refractivity contribution in [2.45, 2.75) is 24.9 Å². The van der Waals surface area contributed by atoms with E-state index in [9.17, 15) is 0 Å². The molecule has 0 aromatic heterocycles. The van der Waals surface area contributed by atoms with E-state index < -0.39 is 0 Å². The maximum Gasteiger partial charge on any atom is 0.0636 e. The van der Waals surface area contributed by atoms with Crippen molar-refractivity contribution < 1.29 is 9.47 Å². The topological polar surface area (TPSA) is 33.7 Å². The third kappa shape index (κ3) is 2.40. The molecule has 2 heterocycles. The van der Waals surface area contributed by atoms with Crippen LogP contribution in [0.2, 0.25) is 0 Å². The molecule has 2 atom stereocenters. The van der Waals surface area contributed by atoms with Crippen LogP contribution in [-0.4, -0.2) is 50.6 Å². The van der Waals surface area contributed by atoms with Crippen LogP contribution in [0.15, 0.2) is 0 Å². The largest absolute Gasteiger partial charge is 0.380 e. The highest BCUT2D eigenvalue weighted by atomic mass is 16.5. The Balaban J connectivity index is 1.73. The molecule has 0 saturated carbocycles. The van der Waals surface area contributed by atoms with Crippen LogP contribution in [0.5, 0.6) is 0 Å². The van der Waals surface area contributed by atoms with Gasteiger partial charge in [-0.1, -0.05) is 0 Å². The van der Waals surface area contributed by atoms with Crippen LogP contribution >= 0.6 is 0 Å². The van der Waals surface area contributed by atoms with E-state index >= 15 is 0 Å². The van der Waals surface area contributed by atoms with Crippen molar-refractivity contribution in [3.05, 3.63) is 0 Å². The molecule has 2 fully saturated rings. The van der Waals surface area contributed by atoms with Crippen molar-refractivity contribution in [1.82, 2.24) is 10.4 Å². The third-order valence-corrected chi connectivity index (χ3v) is 2.77. The smallest absolute Gasteiger partial charge is 0.0636 e. The van der Waals surface area contributed by atoms with E-state index in [4.69, 9.17) is 9.47 Å². The lowest BCUT2D eigenvalue weighted by Gasteiger charge is -2.26. The van der Waals surface area contributed by atoms with Crippen molar-refractivity contribution in [3.63, 3.8) is 0 Å². The van der Waals surface area contributed by atoms with Crippen LogP contribution in [0.25, 0.3) is 0 Å². The predicted molar refractivity (Wildman–Crippen MR) is 49.3 cm³/mol. The lowest BCUT2D eigenvalue weighted by Crippen LogP contribution is -2.48. The van der Waals surface area contributed by atoms with Crippen molar-refractivity contribution in [2.75, 3.05) is 33.5 Å². The van der Waals surface area contributed by atoms with Crippen molar-refractivity contribution in [2.24, 2.45) is 0 Å². The number of rotatable bonds is 3. The highest BCUT2D eigenvalue weighted by molar-refractivity contribution is 4.75. The van der Waals surface area contributed by atoms with Gasteiger partial charge in [-0.25, -0.2) is 10.4 Å². The number of hydrazine groups is 1. The highest BCUT2D eigenvalue weighted by Gasteiger charge is 2.23. The van der Waals surface area contributed by atoms with Crippen LogP contribution in [-0.2, 0) is 9.47 Å². The minimum absolute atomic E-state index is 0.505. The van der Waals surface area contributed by atoms with Gasteiger partial charge in [-0.3, -0.25) is 0 Å². The van der Waals surface area contributed by atoms with Crippen LogP contribution in [0.1, 0.15) is 12.8 Å². The van der Waals surface area contributed by atoms with E-state index in [0.717, 1.165) is 39.3 Å². The molecule has 0 bridgehead atoms. The number of nitrogens with one attached hydrogen (secondary N) is 1. The standard InChI is InChI=1S/C9H18N2O2/c1-11(9-3-5-13-7-9)10-8-2-4-12-6-8/h8-10H,2-7H2,1H3. The van der Waals surface area contributed by atoms with E-state index in [2.05, 4.69) is 17.5 Å². The Kier molecular flexibility index (Phi) is 3.16. The predicted octanol–water partition coefficient (Wildman–Crippen LogP) is 0.000600. The zero-order valence-corrected chi connectivity index (χ0v) is 8.16. The van der Waals surface area contributed by atoms with Gasteiger partial charge in [-0.05, 0) is 12.8 Å². The molecule has 2 aliphatic heterocycles. The van der Waals surface area contributed by atoms with Crippen LogP contribution in [0.3, 0.4) is 0 Å². The Morgan fingerprint density at radius 1 is 1.15 bits per heavy atom. The average molecular weight is 186 g/mol. The molecule has 4 nitrogen and oxygen atoms in total. The lowest BCUT2D eigenvalue weighted by atomic mass is 10.2. The minimum Gasteiger partial charge on any atom is -0.380 e. The molecule has 0 spiro atoms. The second kappa shape index (κ2) is 4.37. The molecule has 0 aliphatic carbocycles. The van der Waals surface area contributed by atoms with Gasteiger partial charge < -0.3 is 9.47 Å². The molecule has 1 N–H and O–H groups in total. The Morgan fingerprint density at radius 3 is 2.54 bits per heavy atom. The van der Waals surface area contributed by atoms with E-state index in [0.29, 0.717) is 12.1 Å². The van der Waals surface area contributed by atoms with Gasteiger partial charge in [-0.15, -0.1) is 0 Å². The molecule has 2 rings (SSSR count). The lowest BCUT2D eigenvalue weighted by molar-refractivity contribution is 0.103. The summed E-state index contributed by atoms with van der Waals surface area (Å²) < 4.78 is 10.6. The van der Waals surface area contributed by atoms with Crippen molar-refractivity contribution in [3.8, 4) is 0 Å². The van der Waals surface area contributed by atoms with E-state index in [-0.39, 0.29) is 0 Å². The fourth-order valence-corrected chi connectivity index (χ4v) is 1.86. The van der Waals surface area contributed by atoms with Crippen molar-refractivity contribution >= 4 is 0 Å². The molecule has 2 unspecified atom stereocenters. The minimum atomic E-state index is 0.505. The summed E-state index contributed by atoms with van der Waals surface area (Å²) in [5, 5.41) is 2.19. The number of likely N-dealkylation sites (N-methyl/N-ethyl adjacent to an activating group) is 1. The normalized spacial score (nSPS) is 34.6. The number of hydrogen-bond donors (Lipinski definition) is 1. The fourth-order valence-electron chi connectivity index (χ4n) is 1.86. The molecule has 0 aromatic rings. The summed E-state index contributed by atoms with van der Waals surface area (Å²) in [4.78, 5) is 0. The highest BCUT2D eigenvalue weighted by Crippen LogP contribution is 2.10. The fraction of sp³-hybridized carbons (Fsp3) is 1.00. The molecule has 2 aliphatic rings. The number of hydrogen-bond acceptors (Lipinski definition) is 4. The molecule has 0 aromatic carbocycles. The van der Waals surface area contributed by atoms with E-state index in [1.54, 1.807) is 0 Å². The molecule has 0 radical (unpaired) electrons. The number of ether oxygens (including phenoxy) is 2. The Morgan fingerprint density at radius 2 is 1.92 bits per heavy atom. The van der Waals surface area contributed by atoms with Gasteiger partial charge in [0.05, 0.1) is 13.2 Å². The zero-order valence-electron chi connectivity index (χ0n) is 8.16.